The lowest BCUT2D eigenvalue weighted by atomic mass is 10.3. The molecule has 0 aliphatic heterocycles. The highest BCUT2D eigenvalue weighted by molar-refractivity contribution is 5.08. The van der Waals surface area contributed by atoms with Gasteiger partial charge < -0.3 is 0 Å². The van der Waals surface area contributed by atoms with Crippen LogP contribution in [0.3, 0.4) is 0 Å². The molecule has 0 aromatic heterocycles. The molecule has 64 valence electrons. The van der Waals surface area contributed by atoms with Crippen molar-refractivity contribution in [2.24, 2.45) is 0 Å². The number of alkyl halides is 3. The van der Waals surface area contributed by atoms with Gasteiger partial charge in [-0.1, -0.05) is 23.8 Å². The van der Waals surface area contributed by atoms with Gasteiger partial charge >= 0.3 is 6.18 Å². The molecule has 0 aromatic carbocycles. The summed E-state index contributed by atoms with van der Waals surface area (Å²) >= 11 is 0. The van der Waals surface area contributed by atoms with Crippen LogP contribution in [0.2, 0.25) is 0 Å². The van der Waals surface area contributed by atoms with E-state index in [0.29, 0.717) is 0 Å². The number of hydrogen-bond acceptors (Lipinski definition) is 0. The lowest BCUT2D eigenvalue weighted by Gasteiger charge is -1.99. The van der Waals surface area contributed by atoms with Gasteiger partial charge in [0.05, 0.1) is 6.42 Å². The lowest BCUT2D eigenvalue weighted by molar-refractivity contribution is -0.125. The van der Waals surface area contributed by atoms with Gasteiger partial charge in [-0.25, -0.2) is 0 Å². The molecule has 0 aliphatic rings. The summed E-state index contributed by atoms with van der Waals surface area (Å²) in [6, 6.07) is 0. The molecule has 0 saturated heterocycles. The van der Waals surface area contributed by atoms with Crippen LogP contribution in [0.1, 0.15) is 20.3 Å². The molecule has 0 spiro atoms. The third-order valence-corrected chi connectivity index (χ3v) is 0.915. The van der Waals surface area contributed by atoms with Gasteiger partial charge in [-0.15, -0.1) is 0 Å². The van der Waals surface area contributed by atoms with Crippen molar-refractivity contribution < 1.29 is 13.2 Å². The number of allylic oxidation sites excluding steroid dienone is 4. The van der Waals surface area contributed by atoms with E-state index in [-0.39, 0.29) is 0 Å². The predicted molar refractivity (Wildman–Crippen MR) is 39.2 cm³/mol. The van der Waals surface area contributed by atoms with Gasteiger partial charge in [0.25, 0.3) is 0 Å². The quantitative estimate of drug-likeness (QED) is 0.548. The van der Waals surface area contributed by atoms with Crippen molar-refractivity contribution in [2.75, 3.05) is 0 Å². The van der Waals surface area contributed by atoms with E-state index in [1.807, 2.05) is 13.8 Å². The van der Waals surface area contributed by atoms with Crippen LogP contribution in [0.25, 0.3) is 0 Å². The molecule has 0 amide bonds. The first kappa shape index (κ1) is 10.3. The van der Waals surface area contributed by atoms with Crippen LogP contribution in [0, 0.1) is 0 Å². The SMILES string of the molecule is CC(C)=C/C=C\CC(F)(F)F. The molecule has 0 rings (SSSR count). The summed E-state index contributed by atoms with van der Waals surface area (Å²) in [7, 11) is 0. The lowest BCUT2D eigenvalue weighted by Crippen LogP contribution is -2.03. The van der Waals surface area contributed by atoms with Crippen molar-refractivity contribution in [3.63, 3.8) is 0 Å². The van der Waals surface area contributed by atoms with Crippen LogP contribution >= 0.6 is 0 Å². The topological polar surface area (TPSA) is 0 Å². The molecule has 3 heteroatoms. The first-order valence-electron chi connectivity index (χ1n) is 3.28. The Morgan fingerprint density at radius 2 is 1.82 bits per heavy atom. The highest BCUT2D eigenvalue weighted by Gasteiger charge is 2.24. The van der Waals surface area contributed by atoms with Gasteiger partial charge in [-0.3, -0.25) is 0 Å². The standard InChI is InChI=1S/C8H11F3/c1-7(2)5-3-4-6-8(9,10)11/h3-5H,6H2,1-2H3/b4-3-. The molecule has 0 bridgehead atoms. The van der Waals surface area contributed by atoms with E-state index < -0.39 is 12.6 Å². The summed E-state index contributed by atoms with van der Waals surface area (Å²) in [6.45, 7) is 3.66. The zero-order chi connectivity index (χ0) is 8.91. The fraction of sp³-hybridized carbons (Fsp3) is 0.500. The molecule has 0 aromatic rings. The molecule has 0 nitrogen and oxygen atoms in total. The van der Waals surface area contributed by atoms with Crippen molar-refractivity contribution in [1.82, 2.24) is 0 Å². The Hall–Kier alpha value is -0.730. The molecule has 0 fully saturated rings. The van der Waals surface area contributed by atoms with E-state index in [1.165, 1.54) is 6.08 Å². The minimum absolute atomic E-state index is 0.850. The first-order chi connectivity index (χ1) is 4.92. The number of halogens is 3. The summed E-state index contributed by atoms with van der Waals surface area (Å²) in [5, 5.41) is 0. The minimum atomic E-state index is -4.08. The Morgan fingerprint density at radius 1 is 1.27 bits per heavy atom. The number of hydrogen-bond donors (Lipinski definition) is 0. The Labute approximate surface area is 64.4 Å². The highest BCUT2D eigenvalue weighted by Crippen LogP contribution is 2.19. The van der Waals surface area contributed by atoms with Crippen LogP contribution < -0.4 is 0 Å². The van der Waals surface area contributed by atoms with E-state index in [2.05, 4.69) is 0 Å². The fourth-order valence-corrected chi connectivity index (χ4v) is 0.462. The molecule has 0 atom stereocenters. The van der Waals surface area contributed by atoms with E-state index in [4.69, 9.17) is 0 Å². The van der Waals surface area contributed by atoms with Crippen LogP contribution in [0.4, 0.5) is 13.2 Å². The largest absolute Gasteiger partial charge is 0.392 e. The van der Waals surface area contributed by atoms with Crippen LogP contribution in [-0.2, 0) is 0 Å². The smallest absolute Gasteiger partial charge is 0.171 e. The molecule has 0 heterocycles. The Bertz CT molecular complexity index is 159. The predicted octanol–water partition coefficient (Wildman–Crippen LogP) is 3.46. The number of rotatable bonds is 2. The highest BCUT2D eigenvalue weighted by atomic mass is 19.4. The Balaban J connectivity index is 3.71. The van der Waals surface area contributed by atoms with Gasteiger partial charge in [0.2, 0.25) is 0 Å². The normalized spacial score (nSPS) is 12.1. The second kappa shape index (κ2) is 4.21. The second-order valence-electron chi connectivity index (χ2n) is 2.49. The minimum Gasteiger partial charge on any atom is -0.171 e. The average Bonchev–Trinajstić information content (AvgIpc) is 1.78. The maximum absolute atomic E-state index is 11.5. The summed E-state index contributed by atoms with van der Waals surface area (Å²) in [5.74, 6) is 0. The average molecular weight is 164 g/mol. The molecule has 0 aliphatic carbocycles. The molecule has 0 N–H and O–H groups in total. The van der Waals surface area contributed by atoms with Crippen LogP contribution in [0.5, 0.6) is 0 Å². The van der Waals surface area contributed by atoms with E-state index in [0.717, 1.165) is 11.6 Å². The third kappa shape index (κ3) is 9.27. The van der Waals surface area contributed by atoms with Crippen molar-refractivity contribution in [2.45, 2.75) is 26.4 Å². The molecule has 11 heavy (non-hydrogen) atoms. The zero-order valence-corrected chi connectivity index (χ0v) is 6.57. The van der Waals surface area contributed by atoms with Crippen LogP contribution in [0.15, 0.2) is 23.8 Å². The van der Waals surface area contributed by atoms with Gasteiger partial charge in [-0.2, -0.15) is 13.2 Å². The monoisotopic (exact) mass is 164 g/mol. The molecule has 0 saturated carbocycles. The van der Waals surface area contributed by atoms with E-state index in [1.54, 1.807) is 6.08 Å². The van der Waals surface area contributed by atoms with Crippen LogP contribution in [-0.4, -0.2) is 6.18 Å². The third-order valence-electron chi connectivity index (χ3n) is 0.915. The Morgan fingerprint density at radius 3 is 2.18 bits per heavy atom. The summed E-state index contributed by atoms with van der Waals surface area (Å²) in [5.41, 5.74) is 0.989. The fourth-order valence-electron chi connectivity index (χ4n) is 0.462. The second-order valence-corrected chi connectivity index (χ2v) is 2.49. The van der Waals surface area contributed by atoms with E-state index >= 15 is 0 Å². The maximum atomic E-state index is 11.5. The molecular weight excluding hydrogens is 153 g/mol. The van der Waals surface area contributed by atoms with Gasteiger partial charge in [0, 0.05) is 0 Å². The van der Waals surface area contributed by atoms with Crippen molar-refractivity contribution >= 4 is 0 Å². The summed E-state index contributed by atoms with van der Waals surface area (Å²) in [6.07, 6.45) is -0.760. The first-order valence-corrected chi connectivity index (χ1v) is 3.28. The molecule has 0 unspecified atom stereocenters. The van der Waals surface area contributed by atoms with Crippen molar-refractivity contribution in [3.8, 4) is 0 Å². The van der Waals surface area contributed by atoms with Gasteiger partial charge in [-0.05, 0) is 13.8 Å². The zero-order valence-electron chi connectivity index (χ0n) is 6.57. The summed E-state index contributed by atoms with van der Waals surface area (Å²) in [4.78, 5) is 0. The van der Waals surface area contributed by atoms with Crippen molar-refractivity contribution in [3.05, 3.63) is 23.8 Å². The van der Waals surface area contributed by atoms with Crippen molar-refractivity contribution in [1.29, 1.82) is 0 Å². The summed E-state index contributed by atoms with van der Waals surface area (Å²) < 4.78 is 34.5. The van der Waals surface area contributed by atoms with Gasteiger partial charge in [0.15, 0.2) is 0 Å². The van der Waals surface area contributed by atoms with Gasteiger partial charge in [0.1, 0.15) is 0 Å². The van der Waals surface area contributed by atoms with E-state index in [9.17, 15) is 13.2 Å². The molecular formula is C8H11F3. The molecule has 0 radical (unpaired) electrons. The Kier molecular flexibility index (Phi) is 3.93. The maximum Gasteiger partial charge on any atom is 0.392 e.